The van der Waals surface area contributed by atoms with Crippen molar-refractivity contribution in [2.45, 2.75) is 26.4 Å². The van der Waals surface area contributed by atoms with E-state index in [0.717, 1.165) is 0 Å². The maximum Gasteiger partial charge on any atom is 0.344 e. The summed E-state index contributed by atoms with van der Waals surface area (Å²) in [6.07, 6.45) is 0. The largest absolute Gasteiger partial charge is 0.493 e. The van der Waals surface area contributed by atoms with Crippen molar-refractivity contribution in [3.05, 3.63) is 18.2 Å². The van der Waals surface area contributed by atoms with Crippen molar-refractivity contribution in [1.82, 2.24) is 0 Å². The lowest BCUT2D eigenvalue weighted by Crippen LogP contribution is -2.27. The van der Waals surface area contributed by atoms with Gasteiger partial charge in [-0.15, -0.1) is 0 Å². The topological polar surface area (TPSA) is 54.0 Å². The zero-order valence-electron chi connectivity index (χ0n) is 12.0. The van der Waals surface area contributed by atoms with E-state index in [9.17, 15) is 4.79 Å². The first-order valence-electron chi connectivity index (χ1n) is 5.93. The number of carbonyl (C=O) groups excluding carboxylic acids is 1. The van der Waals surface area contributed by atoms with Crippen molar-refractivity contribution in [3.63, 3.8) is 0 Å². The van der Waals surface area contributed by atoms with Crippen LogP contribution in [0.3, 0.4) is 0 Å². The average molecular weight is 268 g/mol. The van der Waals surface area contributed by atoms with Crippen molar-refractivity contribution >= 4 is 5.97 Å². The first-order valence-corrected chi connectivity index (χ1v) is 5.93. The zero-order chi connectivity index (χ0) is 14.5. The van der Waals surface area contributed by atoms with Crippen molar-refractivity contribution in [2.24, 2.45) is 0 Å². The van der Waals surface area contributed by atoms with Gasteiger partial charge in [-0.25, -0.2) is 4.79 Å². The predicted octanol–water partition coefficient (Wildman–Crippen LogP) is 2.42. The lowest BCUT2D eigenvalue weighted by Gasteiger charge is -2.20. The maximum atomic E-state index is 11.6. The van der Waals surface area contributed by atoms with Crippen LogP contribution in [0.1, 0.15) is 20.8 Å². The number of hydrogen-bond acceptors (Lipinski definition) is 5. The minimum Gasteiger partial charge on any atom is -0.493 e. The van der Waals surface area contributed by atoms with Gasteiger partial charge < -0.3 is 18.9 Å². The summed E-state index contributed by atoms with van der Waals surface area (Å²) in [6.45, 7) is 5.23. The highest BCUT2D eigenvalue weighted by Crippen LogP contribution is 2.36. The second-order valence-corrected chi connectivity index (χ2v) is 4.87. The van der Waals surface area contributed by atoms with Gasteiger partial charge in [0.2, 0.25) is 5.75 Å². The summed E-state index contributed by atoms with van der Waals surface area (Å²) in [4.78, 5) is 11.6. The molecule has 0 atom stereocenters. The Morgan fingerprint density at radius 1 is 1.11 bits per heavy atom. The van der Waals surface area contributed by atoms with Crippen LogP contribution >= 0.6 is 0 Å². The molecule has 0 radical (unpaired) electrons. The molecule has 5 nitrogen and oxygen atoms in total. The molecule has 0 aromatic heterocycles. The molecule has 19 heavy (non-hydrogen) atoms. The molecule has 0 unspecified atom stereocenters. The van der Waals surface area contributed by atoms with Gasteiger partial charge in [0.15, 0.2) is 18.1 Å². The highest BCUT2D eigenvalue weighted by atomic mass is 16.6. The van der Waals surface area contributed by atoms with Crippen LogP contribution in [0.15, 0.2) is 18.2 Å². The molecule has 1 aromatic rings. The van der Waals surface area contributed by atoms with E-state index in [4.69, 9.17) is 18.9 Å². The van der Waals surface area contributed by atoms with Gasteiger partial charge in [-0.05, 0) is 32.9 Å². The van der Waals surface area contributed by atoms with Crippen LogP contribution in [0.5, 0.6) is 17.2 Å². The van der Waals surface area contributed by atoms with Crippen molar-refractivity contribution in [2.75, 3.05) is 20.8 Å². The number of methoxy groups -OCH3 is 2. The second-order valence-electron chi connectivity index (χ2n) is 4.87. The Morgan fingerprint density at radius 3 is 2.26 bits per heavy atom. The number of ether oxygens (including phenoxy) is 4. The molecule has 0 fully saturated rings. The minimum atomic E-state index is -0.529. The first-order chi connectivity index (χ1) is 8.87. The van der Waals surface area contributed by atoms with Gasteiger partial charge in [0.05, 0.1) is 14.2 Å². The number of hydrogen-bond donors (Lipinski definition) is 0. The summed E-state index contributed by atoms with van der Waals surface area (Å²) < 4.78 is 20.9. The first kappa shape index (κ1) is 15.1. The van der Waals surface area contributed by atoms with Crippen molar-refractivity contribution < 1.29 is 23.7 Å². The summed E-state index contributed by atoms with van der Waals surface area (Å²) in [7, 11) is 3.05. The van der Waals surface area contributed by atoms with E-state index < -0.39 is 11.6 Å². The Hall–Kier alpha value is -1.91. The summed E-state index contributed by atoms with van der Waals surface area (Å²) in [5.41, 5.74) is -0.529. The molecule has 0 bridgehead atoms. The molecule has 0 spiro atoms. The highest BCUT2D eigenvalue weighted by molar-refractivity contribution is 5.71. The smallest absolute Gasteiger partial charge is 0.344 e. The number of esters is 1. The average Bonchev–Trinajstić information content (AvgIpc) is 2.33. The van der Waals surface area contributed by atoms with Crippen LogP contribution < -0.4 is 14.2 Å². The van der Waals surface area contributed by atoms with Crippen molar-refractivity contribution in [3.8, 4) is 17.2 Å². The lowest BCUT2D eigenvalue weighted by atomic mass is 10.2. The Kier molecular flexibility index (Phi) is 5.03. The fourth-order valence-electron chi connectivity index (χ4n) is 1.48. The molecule has 0 N–H and O–H groups in total. The van der Waals surface area contributed by atoms with Gasteiger partial charge in [-0.1, -0.05) is 6.07 Å². The van der Waals surface area contributed by atoms with E-state index in [0.29, 0.717) is 17.2 Å². The Morgan fingerprint density at radius 2 is 1.74 bits per heavy atom. The standard InChI is InChI=1S/C14H20O5/c1-14(2,3)19-12(15)9-18-11-8-6-7-10(16-4)13(11)17-5/h6-8H,9H2,1-5H3. The van der Waals surface area contributed by atoms with E-state index in [1.807, 2.05) is 0 Å². The van der Waals surface area contributed by atoms with Crippen LogP contribution in [0.4, 0.5) is 0 Å². The summed E-state index contributed by atoms with van der Waals surface area (Å²) in [5, 5.41) is 0. The highest BCUT2D eigenvalue weighted by Gasteiger charge is 2.18. The zero-order valence-corrected chi connectivity index (χ0v) is 12.0. The molecule has 1 rings (SSSR count). The molecule has 1 aromatic carbocycles. The number of benzene rings is 1. The fraction of sp³-hybridized carbons (Fsp3) is 0.500. The number of para-hydroxylation sites is 1. The number of rotatable bonds is 5. The van der Waals surface area contributed by atoms with Gasteiger partial charge in [0.25, 0.3) is 0 Å². The van der Waals surface area contributed by atoms with Gasteiger partial charge in [0, 0.05) is 0 Å². The monoisotopic (exact) mass is 268 g/mol. The molecule has 0 heterocycles. The quantitative estimate of drug-likeness (QED) is 0.768. The third kappa shape index (κ3) is 4.69. The van der Waals surface area contributed by atoms with Crippen LogP contribution in [0, 0.1) is 0 Å². The third-order valence-corrected chi connectivity index (χ3v) is 2.13. The normalized spacial score (nSPS) is 10.8. The molecule has 0 aliphatic heterocycles. The molecule has 5 heteroatoms. The molecule has 0 saturated heterocycles. The van der Waals surface area contributed by atoms with E-state index in [-0.39, 0.29) is 6.61 Å². The SMILES string of the molecule is COc1cccc(OCC(=O)OC(C)(C)C)c1OC. The molecular formula is C14H20O5. The van der Waals surface area contributed by atoms with E-state index in [2.05, 4.69) is 0 Å². The molecule has 0 aliphatic carbocycles. The Labute approximate surface area is 113 Å². The Balaban J connectivity index is 2.70. The van der Waals surface area contributed by atoms with Gasteiger partial charge in [-0.2, -0.15) is 0 Å². The van der Waals surface area contributed by atoms with E-state index in [1.54, 1.807) is 39.0 Å². The summed E-state index contributed by atoms with van der Waals surface area (Å²) >= 11 is 0. The van der Waals surface area contributed by atoms with Crippen LogP contribution in [0.2, 0.25) is 0 Å². The predicted molar refractivity (Wildman–Crippen MR) is 70.9 cm³/mol. The van der Waals surface area contributed by atoms with E-state index >= 15 is 0 Å². The number of carbonyl (C=O) groups is 1. The van der Waals surface area contributed by atoms with Gasteiger partial charge in [-0.3, -0.25) is 0 Å². The fourth-order valence-corrected chi connectivity index (χ4v) is 1.48. The second kappa shape index (κ2) is 6.31. The molecule has 0 saturated carbocycles. The van der Waals surface area contributed by atoms with Gasteiger partial charge in [0.1, 0.15) is 5.60 Å². The van der Waals surface area contributed by atoms with Crippen LogP contribution in [0.25, 0.3) is 0 Å². The van der Waals surface area contributed by atoms with Crippen molar-refractivity contribution in [1.29, 1.82) is 0 Å². The van der Waals surface area contributed by atoms with Gasteiger partial charge >= 0.3 is 5.97 Å². The molecular weight excluding hydrogens is 248 g/mol. The molecule has 0 amide bonds. The third-order valence-electron chi connectivity index (χ3n) is 2.13. The Bertz CT molecular complexity index is 434. The minimum absolute atomic E-state index is 0.180. The van der Waals surface area contributed by atoms with Crippen LogP contribution in [-0.2, 0) is 9.53 Å². The van der Waals surface area contributed by atoms with Crippen LogP contribution in [-0.4, -0.2) is 32.4 Å². The summed E-state index contributed by atoms with van der Waals surface area (Å²) in [5.74, 6) is 1.00. The maximum absolute atomic E-state index is 11.6. The van der Waals surface area contributed by atoms with E-state index in [1.165, 1.54) is 14.2 Å². The lowest BCUT2D eigenvalue weighted by molar-refractivity contribution is -0.157. The molecule has 0 aliphatic rings. The molecule has 106 valence electrons. The summed E-state index contributed by atoms with van der Waals surface area (Å²) in [6, 6.07) is 5.21.